The SMILES string of the molecule is CO/C(=C1\CC2CCC3CC1CC2C3)c1cccc(O)c1Cl. The van der Waals surface area contributed by atoms with Crippen LogP contribution in [0.4, 0.5) is 0 Å². The van der Waals surface area contributed by atoms with Gasteiger partial charge in [0.05, 0.1) is 12.1 Å². The minimum atomic E-state index is 0.133. The Hall–Kier alpha value is -1.15. The highest BCUT2D eigenvalue weighted by atomic mass is 35.5. The molecule has 0 heterocycles. The molecule has 1 aromatic carbocycles. The minimum Gasteiger partial charge on any atom is -0.506 e. The first-order valence-electron chi connectivity index (χ1n) is 8.42. The summed E-state index contributed by atoms with van der Waals surface area (Å²) in [7, 11) is 1.73. The molecule has 3 aliphatic rings. The van der Waals surface area contributed by atoms with Crippen LogP contribution >= 0.6 is 11.6 Å². The van der Waals surface area contributed by atoms with Crippen LogP contribution < -0.4 is 0 Å². The van der Waals surface area contributed by atoms with Crippen LogP contribution in [-0.2, 0) is 4.74 Å². The fraction of sp³-hybridized carbons (Fsp3) is 0.579. The zero-order valence-corrected chi connectivity index (χ0v) is 13.8. The lowest BCUT2D eigenvalue weighted by molar-refractivity contribution is 0.0627. The van der Waals surface area contributed by atoms with Crippen LogP contribution in [0.15, 0.2) is 23.8 Å². The van der Waals surface area contributed by atoms with Crippen LogP contribution in [0.25, 0.3) is 5.76 Å². The predicted molar refractivity (Wildman–Crippen MR) is 88.7 cm³/mol. The third kappa shape index (κ3) is 2.23. The van der Waals surface area contributed by atoms with E-state index in [4.69, 9.17) is 16.3 Å². The Morgan fingerprint density at radius 2 is 2.05 bits per heavy atom. The number of rotatable bonds is 2. The second-order valence-corrected chi connectivity index (χ2v) is 7.65. The van der Waals surface area contributed by atoms with E-state index in [1.54, 1.807) is 13.2 Å². The zero-order chi connectivity index (χ0) is 15.3. The minimum absolute atomic E-state index is 0.133. The van der Waals surface area contributed by atoms with Crippen LogP contribution in [0, 0.1) is 23.7 Å². The number of allylic oxidation sites excluding steroid dienone is 1. The maximum Gasteiger partial charge on any atom is 0.134 e. The summed E-state index contributed by atoms with van der Waals surface area (Å²) in [6, 6.07) is 5.43. The number of ether oxygens (including phenoxy) is 1. The summed E-state index contributed by atoms with van der Waals surface area (Å²) in [5, 5.41) is 10.3. The van der Waals surface area contributed by atoms with E-state index >= 15 is 0 Å². The molecule has 0 spiro atoms. The van der Waals surface area contributed by atoms with Crippen molar-refractivity contribution in [2.24, 2.45) is 23.7 Å². The number of hydrogen-bond donors (Lipinski definition) is 1. The number of methoxy groups -OCH3 is 1. The maximum absolute atomic E-state index is 9.91. The van der Waals surface area contributed by atoms with Crippen LogP contribution in [-0.4, -0.2) is 12.2 Å². The first kappa shape index (κ1) is 14.4. The summed E-state index contributed by atoms with van der Waals surface area (Å²) < 4.78 is 5.79. The van der Waals surface area contributed by atoms with Crippen molar-refractivity contribution >= 4 is 17.4 Å². The van der Waals surface area contributed by atoms with Crippen molar-refractivity contribution in [2.75, 3.05) is 7.11 Å². The topological polar surface area (TPSA) is 29.5 Å². The van der Waals surface area contributed by atoms with E-state index in [1.165, 1.54) is 37.7 Å². The average Bonchev–Trinajstić information content (AvgIpc) is 2.51. The Labute approximate surface area is 137 Å². The molecule has 118 valence electrons. The van der Waals surface area contributed by atoms with Crippen molar-refractivity contribution in [3.63, 3.8) is 0 Å². The van der Waals surface area contributed by atoms with Gasteiger partial charge in [-0.1, -0.05) is 24.1 Å². The summed E-state index contributed by atoms with van der Waals surface area (Å²) in [4.78, 5) is 0. The van der Waals surface area contributed by atoms with Crippen molar-refractivity contribution in [1.82, 2.24) is 0 Å². The average molecular weight is 319 g/mol. The summed E-state index contributed by atoms with van der Waals surface area (Å²) in [5.74, 6) is 4.36. The lowest BCUT2D eigenvalue weighted by atomic mass is 9.56. The van der Waals surface area contributed by atoms with Crippen molar-refractivity contribution in [2.45, 2.75) is 38.5 Å². The van der Waals surface area contributed by atoms with Crippen molar-refractivity contribution < 1.29 is 9.84 Å². The maximum atomic E-state index is 9.91. The van der Waals surface area contributed by atoms with Crippen molar-refractivity contribution in [3.05, 3.63) is 34.4 Å². The van der Waals surface area contributed by atoms with E-state index in [0.717, 1.165) is 35.5 Å². The largest absolute Gasteiger partial charge is 0.506 e. The Bertz CT molecular complexity index is 620. The third-order valence-corrected chi connectivity index (χ3v) is 6.54. The number of aromatic hydroxyl groups is 1. The molecular formula is C19H23ClO2. The second-order valence-electron chi connectivity index (χ2n) is 7.27. The highest BCUT2D eigenvalue weighted by molar-refractivity contribution is 6.33. The molecule has 0 aromatic heterocycles. The van der Waals surface area contributed by atoms with Crippen LogP contribution in [0.1, 0.15) is 44.1 Å². The fourth-order valence-electron chi connectivity index (χ4n) is 5.18. The van der Waals surface area contributed by atoms with Gasteiger partial charge in [-0.2, -0.15) is 0 Å². The standard InChI is InChI=1S/C19H23ClO2/c1-22-19(15-3-2-4-17(21)18(15)20)16-10-12-6-5-11-7-13(12)9-14(16)8-11/h2-4,11-14,21H,5-10H2,1H3/b19-16+. The molecule has 2 nitrogen and oxygen atoms in total. The van der Waals surface area contributed by atoms with Crippen LogP contribution in [0.2, 0.25) is 5.02 Å². The Kier molecular flexibility index (Phi) is 3.60. The van der Waals surface area contributed by atoms with Gasteiger partial charge in [0.1, 0.15) is 11.5 Å². The predicted octanol–water partition coefficient (Wildman–Crippen LogP) is 5.25. The first-order valence-corrected chi connectivity index (χ1v) is 8.80. The molecule has 3 fully saturated rings. The summed E-state index contributed by atoms with van der Waals surface area (Å²) in [6.45, 7) is 0. The van der Waals surface area contributed by atoms with E-state index in [9.17, 15) is 5.11 Å². The molecule has 4 rings (SSSR count). The molecule has 22 heavy (non-hydrogen) atoms. The van der Waals surface area contributed by atoms with E-state index < -0.39 is 0 Å². The quantitative estimate of drug-likeness (QED) is 0.755. The number of phenolic OH excluding ortho intramolecular Hbond substituents is 1. The van der Waals surface area contributed by atoms with Gasteiger partial charge in [-0.3, -0.25) is 0 Å². The van der Waals surface area contributed by atoms with Gasteiger partial charge in [-0.25, -0.2) is 0 Å². The molecule has 0 radical (unpaired) electrons. The second kappa shape index (κ2) is 5.49. The summed E-state index contributed by atoms with van der Waals surface area (Å²) >= 11 is 6.33. The Morgan fingerprint density at radius 1 is 1.18 bits per heavy atom. The Balaban J connectivity index is 1.79. The number of hydrogen-bond acceptors (Lipinski definition) is 2. The van der Waals surface area contributed by atoms with E-state index in [-0.39, 0.29) is 5.75 Å². The van der Waals surface area contributed by atoms with Gasteiger partial charge in [0.2, 0.25) is 0 Å². The first-order chi connectivity index (χ1) is 10.7. The van der Waals surface area contributed by atoms with Crippen molar-refractivity contribution in [1.29, 1.82) is 0 Å². The fourth-order valence-corrected chi connectivity index (χ4v) is 5.39. The summed E-state index contributed by atoms with van der Waals surface area (Å²) in [5.41, 5.74) is 2.29. The molecule has 1 N–H and O–H groups in total. The van der Waals surface area contributed by atoms with E-state index in [0.29, 0.717) is 10.9 Å². The molecule has 3 bridgehead atoms. The van der Waals surface area contributed by atoms with Gasteiger partial charge in [-0.05, 0) is 73.5 Å². The van der Waals surface area contributed by atoms with Gasteiger partial charge < -0.3 is 9.84 Å². The lowest BCUT2D eigenvalue weighted by Gasteiger charge is -2.49. The van der Waals surface area contributed by atoms with Gasteiger partial charge in [-0.15, -0.1) is 0 Å². The molecule has 1 aromatic rings. The number of phenols is 1. The monoisotopic (exact) mass is 318 g/mol. The third-order valence-electron chi connectivity index (χ3n) is 6.15. The lowest BCUT2D eigenvalue weighted by Crippen LogP contribution is -2.38. The number of fused-ring (bicyclic) bond motifs is 2. The zero-order valence-electron chi connectivity index (χ0n) is 13.0. The number of benzene rings is 1. The van der Waals surface area contributed by atoms with Crippen LogP contribution in [0.5, 0.6) is 5.75 Å². The molecule has 4 atom stereocenters. The smallest absolute Gasteiger partial charge is 0.134 e. The van der Waals surface area contributed by atoms with Gasteiger partial charge >= 0.3 is 0 Å². The highest BCUT2D eigenvalue weighted by Gasteiger charge is 2.44. The van der Waals surface area contributed by atoms with Crippen molar-refractivity contribution in [3.8, 4) is 5.75 Å². The van der Waals surface area contributed by atoms with Gasteiger partial charge in [0.25, 0.3) is 0 Å². The molecule has 0 amide bonds. The van der Waals surface area contributed by atoms with Gasteiger partial charge in [0.15, 0.2) is 0 Å². The molecule has 0 aliphatic heterocycles. The number of halogens is 1. The Morgan fingerprint density at radius 3 is 2.86 bits per heavy atom. The molecule has 3 aliphatic carbocycles. The molecular weight excluding hydrogens is 296 g/mol. The van der Waals surface area contributed by atoms with E-state index in [1.807, 2.05) is 12.1 Å². The summed E-state index contributed by atoms with van der Waals surface area (Å²) in [6.07, 6.45) is 8.01. The molecule has 3 heteroatoms. The van der Waals surface area contributed by atoms with E-state index in [2.05, 4.69) is 0 Å². The van der Waals surface area contributed by atoms with Gasteiger partial charge in [0, 0.05) is 5.56 Å². The normalized spacial score (nSPS) is 35.4. The molecule has 0 saturated heterocycles. The highest BCUT2D eigenvalue weighted by Crippen LogP contribution is 2.55. The molecule has 3 saturated carbocycles. The molecule has 4 unspecified atom stereocenters. The van der Waals surface area contributed by atoms with Crippen LogP contribution in [0.3, 0.4) is 0 Å².